The van der Waals surface area contributed by atoms with Gasteiger partial charge in [0.2, 0.25) is 0 Å². The van der Waals surface area contributed by atoms with Crippen LogP contribution in [0.4, 0.5) is 4.39 Å². The van der Waals surface area contributed by atoms with E-state index in [4.69, 9.17) is 16.3 Å². The summed E-state index contributed by atoms with van der Waals surface area (Å²) in [5.41, 5.74) is 2.54. The first-order valence-electron chi connectivity index (χ1n) is 11.4. The average Bonchev–Trinajstić information content (AvgIpc) is 2.71. The van der Waals surface area contributed by atoms with Crippen LogP contribution in [-0.4, -0.2) is 6.04 Å². The van der Waals surface area contributed by atoms with E-state index in [2.05, 4.69) is 24.4 Å². The molecule has 30 heavy (non-hydrogen) atoms. The molecule has 1 N–H and O–H groups in total. The van der Waals surface area contributed by atoms with E-state index in [1.165, 1.54) is 56.2 Å². The molecule has 2 aromatic rings. The van der Waals surface area contributed by atoms with Crippen LogP contribution in [0.2, 0.25) is 5.02 Å². The van der Waals surface area contributed by atoms with Gasteiger partial charge in [0.25, 0.3) is 0 Å². The second kappa shape index (κ2) is 8.16. The second-order valence-corrected chi connectivity index (χ2v) is 10.5. The zero-order valence-electron chi connectivity index (χ0n) is 17.7. The molecule has 160 valence electrons. The van der Waals surface area contributed by atoms with Crippen molar-refractivity contribution in [3.05, 3.63) is 64.4 Å². The number of benzene rings is 2. The number of hydrogen-bond donors (Lipinski definition) is 1. The number of nitrogens with one attached hydrogen (secondary N) is 1. The number of ether oxygens (including phenoxy) is 1. The molecule has 0 amide bonds. The van der Waals surface area contributed by atoms with Crippen LogP contribution in [0.5, 0.6) is 5.75 Å². The first-order chi connectivity index (χ1) is 14.5. The van der Waals surface area contributed by atoms with E-state index in [9.17, 15) is 4.39 Å². The summed E-state index contributed by atoms with van der Waals surface area (Å²) in [5.74, 6) is 3.43. The Kier molecular flexibility index (Phi) is 5.53. The van der Waals surface area contributed by atoms with Gasteiger partial charge in [-0.25, -0.2) is 4.39 Å². The molecule has 1 atom stereocenters. The fourth-order valence-corrected chi connectivity index (χ4v) is 6.96. The SMILES string of the molecule is CC(NCc1cccc(OCc2ccc(F)cc2Cl)c1)C12CC3CC(CC(C3)C1)C2. The molecule has 2 aromatic carbocycles. The first kappa shape index (κ1) is 20.3. The summed E-state index contributed by atoms with van der Waals surface area (Å²) in [4.78, 5) is 0. The van der Waals surface area contributed by atoms with Crippen molar-refractivity contribution < 1.29 is 9.13 Å². The summed E-state index contributed by atoms with van der Waals surface area (Å²) in [5, 5.41) is 4.25. The van der Waals surface area contributed by atoms with E-state index in [1.807, 2.05) is 12.1 Å². The Morgan fingerprint density at radius 1 is 1.07 bits per heavy atom. The largest absolute Gasteiger partial charge is 0.489 e. The highest BCUT2D eigenvalue weighted by Crippen LogP contribution is 2.61. The van der Waals surface area contributed by atoms with Crippen LogP contribution in [0.1, 0.15) is 56.6 Å². The van der Waals surface area contributed by atoms with Crippen molar-refractivity contribution in [3.63, 3.8) is 0 Å². The van der Waals surface area contributed by atoms with Gasteiger partial charge >= 0.3 is 0 Å². The normalized spacial score (nSPS) is 30.4. The monoisotopic (exact) mass is 427 g/mol. The highest BCUT2D eigenvalue weighted by atomic mass is 35.5. The van der Waals surface area contributed by atoms with E-state index in [1.54, 1.807) is 6.07 Å². The lowest BCUT2D eigenvalue weighted by Crippen LogP contribution is -2.54. The molecule has 4 aliphatic carbocycles. The van der Waals surface area contributed by atoms with Gasteiger partial charge in [-0.3, -0.25) is 0 Å². The smallest absolute Gasteiger partial charge is 0.124 e. The molecule has 4 aliphatic rings. The molecule has 4 heteroatoms. The fourth-order valence-electron chi connectivity index (χ4n) is 6.74. The highest BCUT2D eigenvalue weighted by molar-refractivity contribution is 6.31. The Morgan fingerprint density at radius 3 is 2.43 bits per heavy atom. The molecule has 0 radical (unpaired) electrons. The summed E-state index contributed by atoms with van der Waals surface area (Å²) in [6, 6.07) is 13.2. The topological polar surface area (TPSA) is 21.3 Å². The van der Waals surface area contributed by atoms with Crippen molar-refractivity contribution in [3.8, 4) is 5.75 Å². The molecule has 0 aliphatic heterocycles. The van der Waals surface area contributed by atoms with E-state index < -0.39 is 0 Å². The molecular formula is C26H31ClFNO. The van der Waals surface area contributed by atoms with Crippen molar-refractivity contribution in [1.82, 2.24) is 5.32 Å². The van der Waals surface area contributed by atoms with E-state index in [-0.39, 0.29) is 5.82 Å². The van der Waals surface area contributed by atoms with Crippen molar-refractivity contribution >= 4 is 11.6 Å². The summed E-state index contributed by atoms with van der Waals surface area (Å²) in [6.45, 7) is 3.60. The van der Waals surface area contributed by atoms with Crippen LogP contribution in [0.15, 0.2) is 42.5 Å². The fraction of sp³-hybridized carbons (Fsp3) is 0.538. The standard InChI is InChI=1S/C26H31ClFNO/c1-17(26-12-19-7-20(13-26)9-21(8-19)14-26)29-15-18-3-2-4-24(10-18)30-16-22-5-6-23(28)11-25(22)27/h2-6,10-11,17,19-21,29H,7-9,12-16H2,1H3. The predicted molar refractivity (Wildman–Crippen MR) is 119 cm³/mol. The van der Waals surface area contributed by atoms with Crippen molar-refractivity contribution in [2.75, 3.05) is 0 Å². The molecule has 0 aromatic heterocycles. The van der Waals surface area contributed by atoms with E-state index in [0.29, 0.717) is 23.1 Å². The van der Waals surface area contributed by atoms with Crippen molar-refractivity contribution in [2.24, 2.45) is 23.2 Å². The molecular weight excluding hydrogens is 397 g/mol. The quantitative estimate of drug-likeness (QED) is 0.527. The second-order valence-electron chi connectivity index (χ2n) is 10.1. The molecule has 6 rings (SSSR count). The van der Waals surface area contributed by atoms with Crippen LogP contribution >= 0.6 is 11.6 Å². The third-order valence-corrected chi connectivity index (χ3v) is 8.28. The Hall–Kier alpha value is -1.58. The lowest BCUT2D eigenvalue weighted by atomic mass is 9.48. The minimum atomic E-state index is -0.329. The minimum absolute atomic E-state index is 0.329. The van der Waals surface area contributed by atoms with Gasteiger partial charge in [-0.1, -0.05) is 29.8 Å². The van der Waals surface area contributed by atoms with Crippen LogP contribution in [0.25, 0.3) is 0 Å². The summed E-state index contributed by atoms with van der Waals surface area (Å²) >= 11 is 6.11. The molecule has 2 nitrogen and oxygen atoms in total. The maximum absolute atomic E-state index is 13.2. The van der Waals surface area contributed by atoms with Crippen molar-refractivity contribution in [1.29, 1.82) is 0 Å². The van der Waals surface area contributed by atoms with Crippen LogP contribution in [-0.2, 0) is 13.2 Å². The summed E-state index contributed by atoms with van der Waals surface area (Å²) < 4.78 is 19.1. The number of hydrogen-bond acceptors (Lipinski definition) is 2. The number of halogens is 2. The van der Waals surface area contributed by atoms with Gasteiger partial charge in [0, 0.05) is 18.2 Å². The lowest BCUT2D eigenvalue weighted by Gasteiger charge is -2.59. The Bertz CT molecular complexity index is 878. The van der Waals surface area contributed by atoms with Crippen molar-refractivity contribution in [2.45, 2.75) is 64.6 Å². The highest BCUT2D eigenvalue weighted by Gasteiger charge is 2.52. The van der Waals surface area contributed by atoms with Crippen LogP contribution in [0.3, 0.4) is 0 Å². The predicted octanol–water partition coefficient (Wildman–Crippen LogP) is 6.75. The maximum Gasteiger partial charge on any atom is 0.124 e. The average molecular weight is 428 g/mol. The van der Waals surface area contributed by atoms with Gasteiger partial charge in [-0.15, -0.1) is 0 Å². The third kappa shape index (κ3) is 4.11. The molecule has 0 heterocycles. The zero-order valence-corrected chi connectivity index (χ0v) is 18.4. The van der Waals surface area contributed by atoms with Gasteiger partial charge in [0.1, 0.15) is 18.2 Å². The van der Waals surface area contributed by atoms with E-state index >= 15 is 0 Å². The van der Waals surface area contributed by atoms with Crippen LogP contribution < -0.4 is 10.1 Å². The Balaban J connectivity index is 1.19. The summed E-state index contributed by atoms with van der Waals surface area (Å²) in [6.07, 6.45) is 8.74. The Labute approximate surface area is 184 Å². The first-order valence-corrected chi connectivity index (χ1v) is 11.8. The zero-order chi connectivity index (χ0) is 20.7. The maximum atomic E-state index is 13.2. The van der Waals surface area contributed by atoms with Gasteiger partial charge in [0.05, 0.1) is 5.02 Å². The van der Waals surface area contributed by atoms with Crippen LogP contribution in [0, 0.1) is 29.0 Å². The van der Waals surface area contributed by atoms with Gasteiger partial charge in [0.15, 0.2) is 0 Å². The third-order valence-electron chi connectivity index (χ3n) is 7.92. The molecule has 1 unspecified atom stereocenters. The minimum Gasteiger partial charge on any atom is -0.489 e. The molecule has 4 bridgehead atoms. The Morgan fingerprint density at radius 2 is 1.77 bits per heavy atom. The summed E-state index contributed by atoms with van der Waals surface area (Å²) in [7, 11) is 0. The van der Waals surface area contributed by atoms with Gasteiger partial charge in [-0.2, -0.15) is 0 Å². The number of rotatable bonds is 7. The molecule has 0 spiro atoms. The molecule has 4 saturated carbocycles. The molecule has 0 saturated heterocycles. The lowest BCUT2D eigenvalue weighted by molar-refractivity contribution is -0.0706. The van der Waals surface area contributed by atoms with Gasteiger partial charge in [-0.05, 0) is 98.4 Å². The molecule has 4 fully saturated rings. The van der Waals surface area contributed by atoms with E-state index in [0.717, 1.165) is 35.6 Å². The van der Waals surface area contributed by atoms with Gasteiger partial charge < -0.3 is 10.1 Å².